The molecular weight excluding hydrogens is 200 g/mol. The molecule has 0 bridgehead atoms. The highest BCUT2D eigenvalue weighted by Crippen LogP contribution is 2.12. The number of hydrogen-bond acceptors (Lipinski definition) is 3. The molecule has 1 fully saturated rings. The van der Waals surface area contributed by atoms with Crippen LogP contribution in [0.25, 0.3) is 0 Å². The fraction of sp³-hybridized carbons (Fsp3) is 0.750. The molecular formula is C12H22N4. The molecule has 2 heterocycles. The molecule has 0 saturated carbocycles. The summed E-state index contributed by atoms with van der Waals surface area (Å²) in [4.78, 5) is 2.59. The summed E-state index contributed by atoms with van der Waals surface area (Å²) in [6, 6.07) is 2.65. The van der Waals surface area contributed by atoms with Gasteiger partial charge < -0.3 is 5.32 Å². The molecule has 1 aromatic rings. The monoisotopic (exact) mass is 222 g/mol. The van der Waals surface area contributed by atoms with E-state index in [0.29, 0.717) is 12.0 Å². The van der Waals surface area contributed by atoms with E-state index < -0.39 is 0 Å². The van der Waals surface area contributed by atoms with Gasteiger partial charge in [0.05, 0.1) is 6.54 Å². The van der Waals surface area contributed by atoms with Crippen molar-refractivity contribution >= 4 is 0 Å². The summed E-state index contributed by atoms with van der Waals surface area (Å²) in [6.07, 6.45) is 3.88. The van der Waals surface area contributed by atoms with E-state index >= 15 is 0 Å². The van der Waals surface area contributed by atoms with Crippen LogP contribution >= 0.6 is 0 Å². The first-order valence-electron chi connectivity index (χ1n) is 6.19. The fourth-order valence-electron chi connectivity index (χ4n) is 2.37. The normalized spacial score (nSPS) is 22.8. The minimum atomic E-state index is 0.671. The lowest BCUT2D eigenvalue weighted by molar-refractivity contribution is 0.119. The molecule has 1 unspecified atom stereocenters. The fourth-order valence-corrected chi connectivity index (χ4v) is 2.37. The summed E-state index contributed by atoms with van der Waals surface area (Å²) in [5.74, 6) is 0.713. The Morgan fingerprint density at radius 1 is 1.44 bits per heavy atom. The molecule has 0 amide bonds. The van der Waals surface area contributed by atoms with Gasteiger partial charge in [0.15, 0.2) is 0 Å². The van der Waals surface area contributed by atoms with Crippen LogP contribution in [0.5, 0.6) is 0 Å². The summed E-state index contributed by atoms with van der Waals surface area (Å²) in [5.41, 5.74) is 0. The second-order valence-electron chi connectivity index (χ2n) is 4.82. The van der Waals surface area contributed by atoms with Crippen LogP contribution in [0.1, 0.15) is 13.8 Å². The van der Waals surface area contributed by atoms with Crippen molar-refractivity contribution in [1.29, 1.82) is 0 Å². The second-order valence-corrected chi connectivity index (χ2v) is 4.82. The minimum Gasteiger partial charge on any atom is -0.314 e. The van der Waals surface area contributed by atoms with Crippen LogP contribution in [0.3, 0.4) is 0 Å². The third-order valence-corrected chi connectivity index (χ3v) is 3.34. The van der Waals surface area contributed by atoms with Crippen LogP contribution in [0.2, 0.25) is 0 Å². The van der Waals surface area contributed by atoms with Gasteiger partial charge in [0.2, 0.25) is 0 Å². The average molecular weight is 222 g/mol. The number of aromatic nitrogens is 2. The topological polar surface area (TPSA) is 33.1 Å². The van der Waals surface area contributed by atoms with E-state index in [0.717, 1.165) is 32.7 Å². The third kappa shape index (κ3) is 2.83. The maximum Gasteiger partial charge on any atom is 0.0536 e. The van der Waals surface area contributed by atoms with Gasteiger partial charge in [-0.05, 0) is 12.0 Å². The zero-order valence-electron chi connectivity index (χ0n) is 10.3. The molecule has 0 spiro atoms. The van der Waals surface area contributed by atoms with Crippen LogP contribution in [-0.2, 0) is 6.54 Å². The van der Waals surface area contributed by atoms with Gasteiger partial charge in [-0.1, -0.05) is 13.8 Å². The molecule has 0 aliphatic carbocycles. The molecule has 1 aliphatic heterocycles. The molecule has 1 atom stereocenters. The largest absolute Gasteiger partial charge is 0.314 e. The Kier molecular flexibility index (Phi) is 3.96. The first kappa shape index (κ1) is 11.6. The van der Waals surface area contributed by atoms with Crippen LogP contribution in [-0.4, -0.2) is 46.9 Å². The highest BCUT2D eigenvalue weighted by atomic mass is 15.3. The van der Waals surface area contributed by atoms with Crippen LogP contribution < -0.4 is 5.32 Å². The SMILES string of the molecule is CC(C)C1CNCCN1CCn1cccn1. The lowest BCUT2D eigenvalue weighted by Gasteiger charge is -2.38. The molecule has 1 saturated heterocycles. The molecule has 90 valence electrons. The smallest absolute Gasteiger partial charge is 0.0536 e. The van der Waals surface area contributed by atoms with Crippen molar-refractivity contribution in [2.75, 3.05) is 26.2 Å². The molecule has 4 nitrogen and oxygen atoms in total. The van der Waals surface area contributed by atoms with Gasteiger partial charge in [0.1, 0.15) is 0 Å². The van der Waals surface area contributed by atoms with E-state index in [1.165, 1.54) is 0 Å². The first-order chi connectivity index (χ1) is 7.77. The first-order valence-corrected chi connectivity index (χ1v) is 6.19. The lowest BCUT2D eigenvalue weighted by atomic mass is 10.0. The highest BCUT2D eigenvalue weighted by molar-refractivity contribution is 4.83. The van der Waals surface area contributed by atoms with Crippen molar-refractivity contribution in [3.05, 3.63) is 18.5 Å². The molecule has 4 heteroatoms. The van der Waals surface area contributed by atoms with Gasteiger partial charge in [-0.2, -0.15) is 5.10 Å². The quantitative estimate of drug-likeness (QED) is 0.818. The molecule has 1 aromatic heterocycles. The molecule has 16 heavy (non-hydrogen) atoms. The standard InChI is InChI=1S/C12H22N4/c1-11(2)12-10-13-5-7-15(12)8-9-16-6-3-4-14-16/h3-4,6,11-13H,5,7-10H2,1-2H3. The summed E-state index contributed by atoms with van der Waals surface area (Å²) >= 11 is 0. The van der Waals surface area contributed by atoms with E-state index in [1.807, 2.05) is 23.1 Å². The average Bonchev–Trinajstić information content (AvgIpc) is 2.79. The number of nitrogens with one attached hydrogen (secondary N) is 1. The van der Waals surface area contributed by atoms with E-state index in [2.05, 4.69) is 29.2 Å². The number of rotatable bonds is 4. The van der Waals surface area contributed by atoms with E-state index in [-0.39, 0.29) is 0 Å². The van der Waals surface area contributed by atoms with Crippen molar-refractivity contribution in [2.24, 2.45) is 5.92 Å². The Bertz CT molecular complexity index is 294. The molecule has 1 aliphatic rings. The third-order valence-electron chi connectivity index (χ3n) is 3.34. The van der Waals surface area contributed by atoms with Gasteiger partial charge in [0.25, 0.3) is 0 Å². The molecule has 1 N–H and O–H groups in total. The van der Waals surface area contributed by atoms with Gasteiger partial charge in [0, 0.05) is 44.6 Å². The Labute approximate surface area is 97.6 Å². The van der Waals surface area contributed by atoms with Crippen molar-refractivity contribution in [3.63, 3.8) is 0 Å². The van der Waals surface area contributed by atoms with E-state index in [9.17, 15) is 0 Å². The predicted molar refractivity (Wildman–Crippen MR) is 65.3 cm³/mol. The zero-order chi connectivity index (χ0) is 11.4. The Morgan fingerprint density at radius 3 is 3.00 bits per heavy atom. The Hall–Kier alpha value is -0.870. The van der Waals surface area contributed by atoms with E-state index in [4.69, 9.17) is 0 Å². The zero-order valence-corrected chi connectivity index (χ0v) is 10.3. The summed E-state index contributed by atoms with van der Waals surface area (Å²) in [6.45, 7) is 10.1. The molecule has 0 radical (unpaired) electrons. The number of hydrogen-bond donors (Lipinski definition) is 1. The summed E-state index contributed by atoms with van der Waals surface area (Å²) in [5, 5.41) is 7.72. The molecule has 2 rings (SSSR count). The maximum atomic E-state index is 4.24. The van der Waals surface area contributed by atoms with Crippen LogP contribution in [0.4, 0.5) is 0 Å². The van der Waals surface area contributed by atoms with Crippen molar-refractivity contribution in [3.8, 4) is 0 Å². The minimum absolute atomic E-state index is 0.671. The summed E-state index contributed by atoms with van der Waals surface area (Å²) < 4.78 is 2.01. The number of nitrogens with zero attached hydrogens (tertiary/aromatic N) is 3. The number of piperazine rings is 1. The van der Waals surface area contributed by atoms with Crippen molar-refractivity contribution < 1.29 is 0 Å². The predicted octanol–water partition coefficient (Wildman–Crippen LogP) is 0.813. The van der Waals surface area contributed by atoms with Gasteiger partial charge in [-0.3, -0.25) is 9.58 Å². The van der Waals surface area contributed by atoms with Gasteiger partial charge >= 0.3 is 0 Å². The van der Waals surface area contributed by atoms with Crippen molar-refractivity contribution in [2.45, 2.75) is 26.4 Å². The second kappa shape index (κ2) is 5.46. The van der Waals surface area contributed by atoms with Crippen LogP contribution in [0.15, 0.2) is 18.5 Å². The van der Waals surface area contributed by atoms with Gasteiger partial charge in [-0.15, -0.1) is 0 Å². The van der Waals surface area contributed by atoms with Crippen LogP contribution in [0, 0.1) is 5.92 Å². The molecule has 0 aromatic carbocycles. The lowest BCUT2D eigenvalue weighted by Crippen LogP contribution is -2.54. The summed E-state index contributed by atoms with van der Waals surface area (Å²) in [7, 11) is 0. The van der Waals surface area contributed by atoms with Gasteiger partial charge in [-0.25, -0.2) is 0 Å². The Balaban J connectivity index is 1.86. The highest BCUT2D eigenvalue weighted by Gasteiger charge is 2.24. The van der Waals surface area contributed by atoms with E-state index in [1.54, 1.807) is 0 Å². The Morgan fingerprint density at radius 2 is 2.31 bits per heavy atom. The maximum absolute atomic E-state index is 4.24. The van der Waals surface area contributed by atoms with Crippen molar-refractivity contribution in [1.82, 2.24) is 20.0 Å².